The van der Waals surface area contributed by atoms with Gasteiger partial charge in [-0.05, 0) is 44.0 Å². The predicted molar refractivity (Wildman–Crippen MR) is 119 cm³/mol. The molecule has 0 unspecified atom stereocenters. The summed E-state index contributed by atoms with van der Waals surface area (Å²) in [5, 5.41) is 11.8. The van der Waals surface area contributed by atoms with Crippen molar-refractivity contribution in [3.8, 4) is 17.2 Å². The molecule has 3 aromatic rings. The van der Waals surface area contributed by atoms with Crippen LogP contribution in [-0.4, -0.2) is 32.2 Å². The number of aryl methyl sites for hydroxylation is 1. The highest BCUT2D eigenvalue weighted by molar-refractivity contribution is 7.99. The van der Waals surface area contributed by atoms with Crippen molar-refractivity contribution >= 4 is 23.4 Å². The lowest BCUT2D eigenvalue weighted by molar-refractivity contribution is -0.113. The minimum absolute atomic E-state index is 0.116. The Hall–Kier alpha value is -3.00. The lowest BCUT2D eigenvalue weighted by Gasteiger charge is -2.31. The van der Waals surface area contributed by atoms with E-state index in [0.717, 1.165) is 37.1 Å². The Bertz CT molecular complexity index is 1090. The van der Waals surface area contributed by atoms with E-state index in [1.54, 1.807) is 6.33 Å². The number of amides is 1. The standard InChI is InChI=1S/C23H24N4O3S/c1-16-5-8-18(9-6-16)27-15-24-26-22(27)31-14-21(28)25-17-7-10-19-20(13-17)30-23(29-19)11-3-2-4-12-23/h5-10,13,15H,2-4,11-12,14H2,1H3,(H,25,28). The SMILES string of the molecule is Cc1ccc(-n2cnnc2SCC(=O)Nc2ccc3c(c2)OC2(CCCCC2)O3)cc1. The second kappa shape index (κ2) is 8.26. The number of anilines is 1. The topological polar surface area (TPSA) is 78.3 Å². The molecular weight excluding hydrogens is 412 g/mol. The highest BCUT2D eigenvalue weighted by Gasteiger charge is 2.42. The number of hydrogen-bond acceptors (Lipinski definition) is 6. The summed E-state index contributed by atoms with van der Waals surface area (Å²) in [6, 6.07) is 13.6. The van der Waals surface area contributed by atoms with E-state index in [2.05, 4.69) is 15.5 Å². The molecular formula is C23H24N4O3S. The first-order chi connectivity index (χ1) is 15.1. The second-order valence-corrected chi connectivity index (χ2v) is 8.94. The van der Waals surface area contributed by atoms with Gasteiger partial charge in [-0.3, -0.25) is 9.36 Å². The number of ether oxygens (including phenoxy) is 2. The highest BCUT2D eigenvalue weighted by atomic mass is 32.2. The first-order valence-electron chi connectivity index (χ1n) is 10.5. The molecule has 31 heavy (non-hydrogen) atoms. The van der Waals surface area contributed by atoms with Gasteiger partial charge in [0.15, 0.2) is 16.7 Å². The lowest BCUT2D eigenvalue weighted by atomic mass is 9.94. The third-order valence-corrected chi connectivity index (χ3v) is 6.54. The second-order valence-electron chi connectivity index (χ2n) is 7.99. The zero-order valence-electron chi connectivity index (χ0n) is 17.3. The van der Waals surface area contributed by atoms with Crippen LogP contribution in [0.3, 0.4) is 0 Å². The molecule has 1 amide bonds. The molecule has 7 nitrogen and oxygen atoms in total. The zero-order valence-corrected chi connectivity index (χ0v) is 18.2. The number of fused-ring (bicyclic) bond motifs is 1. The van der Waals surface area contributed by atoms with Crippen LogP contribution < -0.4 is 14.8 Å². The van der Waals surface area contributed by atoms with Crippen LogP contribution in [0.25, 0.3) is 5.69 Å². The van der Waals surface area contributed by atoms with Crippen molar-refractivity contribution in [2.24, 2.45) is 0 Å². The quantitative estimate of drug-likeness (QED) is 0.582. The van der Waals surface area contributed by atoms with Crippen LogP contribution in [0.5, 0.6) is 11.5 Å². The molecule has 2 aromatic carbocycles. The summed E-state index contributed by atoms with van der Waals surface area (Å²) in [5.41, 5.74) is 2.84. The van der Waals surface area contributed by atoms with Crippen molar-refractivity contribution in [1.29, 1.82) is 0 Å². The van der Waals surface area contributed by atoms with Gasteiger partial charge < -0.3 is 14.8 Å². The number of thioether (sulfide) groups is 1. The van der Waals surface area contributed by atoms with Crippen LogP contribution in [0.15, 0.2) is 53.9 Å². The van der Waals surface area contributed by atoms with E-state index < -0.39 is 5.79 Å². The maximum absolute atomic E-state index is 12.5. The molecule has 2 aliphatic rings. The monoisotopic (exact) mass is 436 g/mol. The summed E-state index contributed by atoms with van der Waals surface area (Å²) in [7, 11) is 0. The molecule has 1 spiro atoms. The predicted octanol–water partition coefficient (Wildman–Crippen LogP) is 4.74. The van der Waals surface area contributed by atoms with Crippen LogP contribution in [0.2, 0.25) is 0 Å². The fraction of sp³-hybridized carbons (Fsp3) is 0.348. The van der Waals surface area contributed by atoms with Crippen molar-refractivity contribution in [2.75, 3.05) is 11.1 Å². The molecule has 8 heteroatoms. The van der Waals surface area contributed by atoms with Gasteiger partial charge in [0.25, 0.3) is 5.79 Å². The van der Waals surface area contributed by atoms with Gasteiger partial charge in [-0.15, -0.1) is 10.2 Å². The van der Waals surface area contributed by atoms with E-state index in [-0.39, 0.29) is 11.7 Å². The average molecular weight is 437 g/mol. The minimum Gasteiger partial charge on any atom is -0.448 e. The number of nitrogens with one attached hydrogen (secondary N) is 1. The Balaban J connectivity index is 1.21. The summed E-state index contributed by atoms with van der Waals surface area (Å²) < 4.78 is 14.1. The van der Waals surface area contributed by atoms with Crippen LogP contribution in [-0.2, 0) is 4.79 Å². The van der Waals surface area contributed by atoms with Gasteiger partial charge in [-0.1, -0.05) is 35.9 Å². The van der Waals surface area contributed by atoms with E-state index in [1.807, 2.05) is 54.0 Å². The van der Waals surface area contributed by atoms with Crippen LogP contribution in [0, 0.1) is 6.92 Å². The van der Waals surface area contributed by atoms with Crippen molar-refractivity contribution in [2.45, 2.75) is 50.0 Å². The van der Waals surface area contributed by atoms with Gasteiger partial charge in [0.05, 0.1) is 5.75 Å². The number of carbonyl (C=O) groups is 1. The average Bonchev–Trinajstić information content (AvgIpc) is 3.37. The third kappa shape index (κ3) is 4.25. The van der Waals surface area contributed by atoms with Crippen molar-refractivity contribution in [1.82, 2.24) is 14.8 Å². The van der Waals surface area contributed by atoms with Crippen molar-refractivity contribution in [3.05, 3.63) is 54.4 Å². The van der Waals surface area contributed by atoms with Gasteiger partial charge in [0.2, 0.25) is 5.91 Å². The molecule has 1 aromatic heterocycles. The molecule has 1 aliphatic carbocycles. The molecule has 1 saturated carbocycles. The van der Waals surface area contributed by atoms with Crippen molar-refractivity contribution < 1.29 is 14.3 Å². The first kappa shape index (κ1) is 19.9. The fourth-order valence-electron chi connectivity index (χ4n) is 4.00. The maximum Gasteiger partial charge on any atom is 0.251 e. The fourth-order valence-corrected chi connectivity index (χ4v) is 4.73. The smallest absolute Gasteiger partial charge is 0.251 e. The first-order valence-corrected chi connectivity index (χ1v) is 11.5. The molecule has 0 radical (unpaired) electrons. The molecule has 0 bridgehead atoms. The number of rotatable bonds is 5. The Morgan fingerprint density at radius 2 is 1.87 bits per heavy atom. The number of nitrogens with zero attached hydrogens (tertiary/aromatic N) is 3. The molecule has 1 aliphatic heterocycles. The number of hydrogen-bond donors (Lipinski definition) is 1. The summed E-state index contributed by atoms with van der Waals surface area (Å²) >= 11 is 1.34. The summed E-state index contributed by atoms with van der Waals surface area (Å²) in [6.07, 6.45) is 6.92. The Labute approximate surface area is 185 Å². The number of carbonyl (C=O) groups excluding carboxylic acids is 1. The van der Waals surface area contributed by atoms with Gasteiger partial charge >= 0.3 is 0 Å². The summed E-state index contributed by atoms with van der Waals surface area (Å²) in [6.45, 7) is 2.04. The van der Waals surface area contributed by atoms with E-state index in [1.165, 1.54) is 23.7 Å². The largest absolute Gasteiger partial charge is 0.448 e. The van der Waals surface area contributed by atoms with Gasteiger partial charge in [-0.25, -0.2) is 0 Å². The molecule has 2 heterocycles. The summed E-state index contributed by atoms with van der Waals surface area (Å²) in [4.78, 5) is 12.5. The van der Waals surface area contributed by atoms with Crippen LogP contribution >= 0.6 is 11.8 Å². The molecule has 0 saturated heterocycles. The van der Waals surface area contributed by atoms with Gasteiger partial charge in [-0.2, -0.15) is 0 Å². The highest BCUT2D eigenvalue weighted by Crippen LogP contribution is 2.46. The van der Waals surface area contributed by atoms with E-state index in [0.29, 0.717) is 16.6 Å². The maximum atomic E-state index is 12.5. The number of benzene rings is 2. The summed E-state index contributed by atoms with van der Waals surface area (Å²) in [5.74, 6) is 1.05. The minimum atomic E-state index is -0.515. The Kier molecular flexibility index (Phi) is 5.31. The Morgan fingerprint density at radius 1 is 1.10 bits per heavy atom. The van der Waals surface area contributed by atoms with E-state index in [9.17, 15) is 4.79 Å². The molecule has 160 valence electrons. The molecule has 0 atom stereocenters. The van der Waals surface area contributed by atoms with E-state index >= 15 is 0 Å². The lowest BCUT2D eigenvalue weighted by Crippen LogP contribution is -2.40. The Morgan fingerprint density at radius 3 is 2.68 bits per heavy atom. The van der Waals surface area contributed by atoms with Crippen LogP contribution in [0.1, 0.15) is 37.7 Å². The number of aromatic nitrogens is 3. The zero-order chi connectivity index (χ0) is 21.3. The van der Waals surface area contributed by atoms with Crippen molar-refractivity contribution in [3.63, 3.8) is 0 Å². The third-order valence-electron chi connectivity index (χ3n) is 5.60. The van der Waals surface area contributed by atoms with Gasteiger partial charge in [0, 0.05) is 30.3 Å². The molecule has 1 N–H and O–H groups in total. The normalized spacial score (nSPS) is 16.4. The van der Waals surface area contributed by atoms with Gasteiger partial charge in [0.1, 0.15) is 6.33 Å². The molecule has 5 rings (SSSR count). The molecule has 1 fully saturated rings. The van der Waals surface area contributed by atoms with E-state index in [4.69, 9.17) is 9.47 Å². The van der Waals surface area contributed by atoms with Crippen LogP contribution in [0.4, 0.5) is 5.69 Å².